The van der Waals surface area contributed by atoms with Crippen LogP contribution in [-0.4, -0.2) is 31.8 Å². The minimum Gasteiger partial charge on any atom is -0.497 e. The van der Waals surface area contributed by atoms with Gasteiger partial charge in [-0.05, 0) is 56.5 Å². The summed E-state index contributed by atoms with van der Waals surface area (Å²) in [6.07, 6.45) is 4.32. The van der Waals surface area contributed by atoms with Gasteiger partial charge in [0.2, 0.25) is 0 Å². The Hall–Kier alpha value is -1.75. The fraction of sp³-hybridized carbons (Fsp3) is 0.562. The molecule has 0 spiro atoms. The Labute approximate surface area is 126 Å². The van der Waals surface area contributed by atoms with Crippen molar-refractivity contribution >= 4 is 11.7 Å². The highest BCUT2D eigenvalue weighted by atomic mass is 16.5. The van der Waals surface area contributed by atoms with Gasteiger partial charge in [-0.1, -0.05) is 6.92 Å². The molecule has 3 N–H and O–H groups in total. The van der Waals surface area contributed by atoms with E-state index in [0.29, 0.717) is 6.04 Å². The average Bonchev–Trinajstić information content (AvgIpc) is 2.50. The molecule has 116 valence electrons. The van der Waals surface area contributed by atoms with Crippen molar-refractivity contribution < 1.29 is 9.53 Å². The van der Waals surface area contributed by atoms with E-state index in [-0.39, 0.29) is 12.1 Å². The number of carbonyl (C=O) groups excluding carboxylic acids is 1. The molecule has 1 aliphatic rings. The van der Waals surface area contributed by atoms with Crippen LogP contribution >= 0.6 is 0 Å². The first-order valence-corrected chi connectivity index (χ1v) is 7.66. The largest absolute Gasteiger partial charge is 0.497 e. The number of methoxy groups -OCH3 is 1. The van der Waals surface area contributed by atoms with Gasteiger partial charge in [-0.3, -0.25) is 0 Å². The quantitative estimate of drug-likeness (QED) is 0.781. The summed E-state index contributed by atoms with van der Waals surface area (Å²) in [4.78, 5) is 12.0. The highest BCUT2D eigenvalue weighted by Gasteiger charge is 2.21. The fourth-order valence-corrected chi connectivity index (χ4v) is 2.76. The first-order chi connectivity index (χ1) is 10.2. The molecule has 21 heavy (non-hydrogen) atoms. The zero-order valence-corrected chi connectivity index (χ0v) is 12.8. The molecule has 2 rings (SSSR count). The molecule has 0 bridgehead atoms. The lowest BCUT2D eigenvalue weighted by Crippen LogP contribution is -2.43. The minimum absolute atomic E-state index is 0.132. The number of carbonyl (C=O) groups is 1. The van der Waals surface area contributed by atoms with E-state index < -0.39 is 0 Å². The summed E-state index contributed by atoms with van der Waals surface area (Å²) in [7, 11) is 1.62. The maximum Gasteiger partial charge on any atom is 0.319 e. The van der Waals surface area contributed by atoms with Crippen molar-refractivity contribution in [3.8, 4) is 5.75 Å². The summed E-state index contributed by atoms with van der Waals surface area (Å²) in [5, 5.41) is 9.37. The second kappa shape index (κ2) is 7.88. The molecule has 0 atom stereocenters. The van der Waals surface area contributed by atoms with E-state index in [1.165, 1.54) is 0 Å². The van der Waals surface area contributed by atoms with E-state index in [2.05, 4.69) is 22.9 Å². The van der Waals surface area contributed by atoms with Crippen LogP contribution in [0.25, 0.3) is 0 Å². The third-order valence-corrected chi connectivity index (χ3v) is 3.90. The predicted molar refractivity (Wildman–Crippen MR) is 84.9 cm³/mol. The zero-order valence-electron chi connectivity index (χ0n) is 12.8. The Balaban J connectivity index is 1.74. The lowest BCUT2D eigenvalue weighted by atomic mass is 9.91. The summed E-state index contributed by atoms with van der Waals surface area (Å²) >= 11 is 0. The lowest BCUT2D eigenvalue weighted by Gasteiger charge is -2.29. The molecule has 1 aromatic rings. The number of rotatable bonds is 5. The van der Waals surface area contributed by atoms with E-state index >= 15 is 0 Å². The van der Waals surface area contributed by atoms with Gasteiger partial charge in [-0.15, -0.1) is 0 Å². The Kier molecular flexibility index (Phi) is 5.87. The van der Waals surface area contributed by atoms with Gasteiger partial charge in [0.15, 0.2) is 0 Å². The number of hydrogen-bond donors (Lipinski definition) is 3. The first kappa shape index (κ1) is 15.6. The number of nitrogens with one attached hydrogen (secondary N) is 3. The third-order valence-electron chi connectivity index (χ3n) is 3.90. The van der Waals surface area contributed by atoms with Gasteiger partial charge in [0.25, 0.3) is 0 Å². The molecule has 0 aliphatic heterocycles. The summed E-state index contributed by atoms with van der Waals surface area (Å²) in [5.41, 5.74) is 0.773. The maximum atomic E-state index is 12.0. The summed E-state index contributed by atoms with van der Waals surface area (Å²) in [6, 6.07) is 8.08. The number of ether oxygens (including phenoxy) is 1. The van der Waals surface area contributed by atoms with E-state index in [4.69, 9.17) is 4.74 Å². The van der Waals surface area contributed by atoms with Crippen molar-refractivity contribution in [2.75, 3.05) is 19.0 Å². The predicted octanol–water partition coefficient (Wildman–Crippen LogP) is 2.74. The molecule has 0 radical (unpaired) electrons. The average molecular weight is 291 g/mol. The number of amides is 2. The molecule has 2 amide bonds. The van der Waals surface area contributed by atoms with Gasteiger partial charge < -0.3 is 20.7 Å². The van der Waals surface area contributed by atoms with Gasteiger partial charge in [0.05, 0.1) is 7.11 Å². The number of hydrogen-bond acceptors (Lipinski definition) is 3. The fourth-order valence-electron chi connectivity index (χ4n) is 2.76. The van der Waals surface area contributed by atoms with Crippen molar-refractivity contribution in [3.63, 3.8) is 0 Å². The van der Waals surface area contributed by atoms with Crippen LogP contribution in [0.15, 0.2) is 24.3 Å². The molecule has 0 unspecified atom stereocenters. The highest BCUT2D eigenvalue weighted by Crippen LogP contribution is 2.19. The second-order valence-electron chi connectivity index (χ2n) is 5.43. The second-order valence-corrected chi connectivity index (χ2v) is 5.43. The molecule has 5 heteroatoms. The smallest absolute Gasteiger partial charge is 0.319 e. The lowest BCUT2D eigenvalue weighted by molar-refractivity contribution is 0.240. The van der Waals surface area contributed by atoms with Crippen molar-refractivity contribution in [3.05, 3.63) is 24.3 Å². The SMILES string of the molecule is CCNC1CCC(NC(=O)Nc2ccc(OC)cc2)CC1. The van der Waals surface area contributed by atoms with Crippen LogP contribution in [0.2, 0.25) is 0 Å². The Morgan fingerprint density at radius 3 is 2.33 bits per heavy atom. The van der Waals surface area contributed by atoms with Crippen LogP contribution in [0.5, 0.6) is 5.75 Å². The molecular formula is C16H25N3O2. The summed E-state index contributed by atoms with van der Waals surface area (Å²) in [5.74, 6) is 0.780. The van der Waals surface area contributed by atoms with E-state index in [0.717, 1.165) is 43.7 Å². The normalized spacial score (nSPS) is 21.6. The molecule has 0 aromatic heterocycles. The number of benzene rings is 1. The van der Waals surface area contributed by atoms with Gasteiger partial charge in [-0.2, -0.15) is 0 Å². The van der Waals surface area contributed by atoms with Crippen LogP contribution in [0.3, 0.4) is 0 Å². The third kappa shape index (κ3) is 4.93. The number of anilines is 1. The van der Waals surface area contributed by atoms with Gasteiger partial charge >= 0.3 is 6.03 Å². The van der Waals surface area contributed by atoms with Crippen molar-refractivity contribution in [1.29, 1.82) is 0 Å². The van der Waals surface area contributed by atoms with Gasteiger partial charge in [0, 0.05) is 17.8 Å². The van der Waals surface area contributed by atoms with E-state index in [1.807, 2.05) is 24.3 Å². The van der Waals surface area contributed by atoms with Crippen LogP contribution in [-0.2, 0) is 0 Å². The summed E-state index contributed by atoms with van der Waals surface area (Å²) < 4.78 is 5.09. The van der Waals surface area contributed by atoms with Crippen LogP contribution in [0.1, 0.15) is 32.6 Å². The Morgan fingerprint density at radius 2 is 1.76 bits per heavy atom. The Morgan fingerprint density at radius 1 is 1.14 bits per heavy atom. The summed E-state index contributed by atoms with van der Waals surface area (Å²) in [6.45, 7) is 3.15. The van der Waals surface area contributed by atoms with Crippen LogP contribution in [0, 0.1) is 0 Å². The minimum atomic E-state index is -0.132. The molecule has 0 saturated heterocycles. The van der Waals surface area contributed by atoms with Crippen LogP contribution < -0.4 is 20.7 Å². The maximum absolute atomic E-state index is 12.0. The Bertz CT molecular complexity index is 439. The zero-order chi connectivity index (χ0) is 15.1. The molecule has 5 nitrogen and oxygen atoms in total. The monoisotopic (exact) mass is 291 g/mol. The van der Waals surface area contributed by atoms with Gasteiger partial charge in [-0.25, -0.2) is 4.79 Å². The molecular weight excluding hydrogens is 266 g/mol. The molecule has 0 heterocycles. The molecule has 1 aromatic carbocycles. The van der Waals surface area contributed by atoms with Crippen molar-refractivity contribution in [2.45, 2.75) is 44.7 Å². The van der Waals surface area contributed by atoms with E-state index in [9.17, 15) is 4.79 Å². The highest BCUT2D eigenvalue weighted by molar-refractivity contribution is 5.89. The van der Waals surface area contributed by atoms with Crippen molar-refractivity contribution in [2.24, 2.45) is 0 Å². The van der Waals surface area contributed by atoms with Gasteiger partial charge in [0.1, 0.15) is 5.75 Å². The molecule has 1 aliphatic carbocycles. The molecule has 1 saturated carbocycles. The topological polar surface area (TPSA) is 62.4 Å². The first-order valence-electron chi connectivity index (χ1n) is 7.66. The van der Waals surface area contributed by atoms with Crippen LogP contribution in [0.4, 0.5) is 10.5 Å². The molecule has 1 fully saturated rings. The standard InChI is InChI=1S/C16H25N3O2/c1-3-17-12-4-6-13(7-5-12)18-16(20)19-14-8-10-15(21-2)11-9-14/h8-13,17H,3-7H2,1-2H3,(H2,18,19,20). The number of urea groups is 1. The van der Waals surface area contributed by atoms with Crippen molar-refractivity contribution in [1.82, 2.24) is 10.6 Å². The van der Waals surface area contributed by atoms with E-state index in [1.54, 1.807) is 7.11 Å².